The zero-order valence-corrected chi connectivity index (χ0v) is 10.7. The second-order valence-electron chi connectivity index (χ2n) is 3.77. The van der Waals surface area contributed by atoms with Crippen LogP contribution in [0.4, 0.5) is 0 Å². The van der Waals surface area contributed by atoms with Crippen molar-refractivity contribution in [3.8, 4) is 0 Å². The van der Waals surface area contributed by atoms with Gasteiger partial charge in [0.1, 0.15) is 5.75 Å². The molecule has 1 heterocycles. The maximum absolute atomic E-state index is 11.1. The van der Waals surface area contributed by atoms with E-state index < -0.39 is 32.4 Å². The molecule has 0 aromatic rings. The average molecular weight is 272 g/mol. The van der Waals surface area contributed by atoms with Crippen molar-refractivity contribution < 1.29 is 24.6 Å². The van der Waals surface area contributed by atoms with Crippen LogP contribution in [0.5, 0.6) is 0 Å². The van der Waals surface area contributed by atoms with Crippen molar-refractivity contribution in [2.75, 3.05) is 5.75 Å². The zero-order chi connectivity index (χ0) is 12.2. The molecule has 0 amide bonds. The van der Waals surface area contributed by atoms with Gasteiger partial charge in [-0.2, -0.15) is 16.8 Å². The van der Waals surface area contributed by atoms with E-state index in [0.29, 0.717) is 6.42 Å². The van der Waals surface area contributed by atoms with Gasteiger partial charge in [-0.3, -0.25) is 0 Å². The fraction of sp³-hybridized carbons (Fsp3) is 1.00. The molecule has 1 unspecified atom stereocenters. The monoisotopic (exact) mass is 272 g/mol. The lowest BCUT2D eigenvalue weighted by atomic mass is 10.1. The molecule has 96 valence electrons. The Hall–Kier alpha value is -0.180. The Bertz CT molecular complexity index is 376. The Morgan fingerprint density at radius 3 is 2.38 bits per heavy atom. The third kappa shape index (κ3) is 4.77. The van der Waals surface area contributed by atoms with Gasteiger partial charge in [-0.05, 0) is 6.42 Å². The van der Waals surface area contributed by atoms with Crippen molar-refractivity contribution >= 4 is 20.5 Å². The third-order valence-electron chi connectivity index (χ3n) is 2.21. The van der Waals surface area contributed by atoms with Crippen molar-refractivity contribution in [2.24, 2.45) is 0 Å². The molecule has 0 saturated carbocycles. The summed E-state index contributed by atoms with van der Waals surface area (Å²) in [4.78, 5) is 0. The van der Waals surface area contributed by atoms with Crippen LogP contribution in [-0.2, 0) is 28.3 Å². The maximum atomic E-state index is 11.1. The van der Waals surface area contributed by atoms with Gasteiger partial charge in [0.15, 0.2) is 0 Å². The van der Waals surface area contributed by atoms with E-state index in [9.17, 15) is 16.8 Å². The Kier molecular flexibility index (Phi) is 4.72. The van der Waals surface area contributed by atoms with E-state index in [4.69, 9.17) is 0 Å². The quantitative estimate of drug-likeness (QED) is 0.692. The van der Waals surface area contributed by atoms with E-state index in [0.717, 1.165) is 25.7 Å². The van der Waals surface area contributed by atoms with E-state index >= 15 is 0 Å². The summed E-state index contributed by atoms with van der Waals surface area (Å²) in [6, 6.07) is 0. The van der Waals surface area contributed by atoms with Crippen LogP contribution >= 0.6 is 0 Å². The van der Waals surface area contributed by atoms with Gasteiger partial charge in [0.2, 0.25) is 0 Å². The first kappa shape index (κ1) is 13.9. The maximum Gasteiger partial charge on any atom is 0.414 e. The second kappa shape index (κ2) is 5.44. The molecular weight excluding hydrogens is 256 g/mol. The molecule has 0 spiro atoms. The SMILES string of the molecule is CCCCCCC1CS(=O)(=O)OS(=O)(=O)O1. The highest BCUT2D eigenvalue weighted by Gasteiger charge is 2.36. The smallest absolute Gasteiger partial charge is 0.243 e. The number of hydrogen-bond donors (Lipinski definition) is 0. The molecule has 1 rings (SSSR count). The topological polar surface area (TPSA) is 86.7 Å². The van der Waals surface area contributed by atoms with Gasteiger partial charge >= 0.3 is 10.4 Å². The van der Waals surface area contributed by atoms with Gasteiger partial charge in [0.25, 0.3) is 10.1 Å². The van der Waals surface area contributed by atoms with E-state index in [1.54, 1.807) is 0 Å². The second-order valence-corrected chi connectivity index (χ2v) is 6.77. The molecule has 0 bridgehead atoms. The number of rotatable bonds is 5. The molecule has 1 aliphatic rings. The fourth-order valence-corrected chi connectivity index (χ4v) is 4.16. The molecule has 0 radical (unpaired) electrons. The Morgan fingerprint density at radius 1 is 1.12 bits per heavy atom. The van der Waals surface area contributed by atoms with Gasteiger partial charge in [-0.25, -0.2) is 4.18 Å². The molecule has 1 saturated heterocycles. The average Bonchev–Trinajstić information content (AvgIpc) is 2.07. The van der Waals surface area contributed by atoms with Crippen molar-refractivity contribution in [2.45, 2.75) is 45.1 Å². The summed E-state index contributed by atoms with van der Waals surface area (Å²) in [7, 11) is -8.37. The minimum atomic E-state index is -4.37. The molecule has 6 nitrogen and oxygen atoms in total. The highest BCUT2D eigenvalue weighted by Crippen LogP contribution is 2.20. The van der Waals surface area contributed by atoms with Gasteiger partial charge in [-0.1, -0.05) is 32.6 Å². The van der Waals surface area contributed by atoms with E-state index in [1.807, 2.05) is 0 Å². The first-order valence-corrected chi connectivity index (χ1v) is 8.13. The lowest BCUT2D eigenvalue weighted by Crippen LogP contribution is -2.36. The van der Waals surface area contributed by atoms with Crippen molar-refractivity contribution in [3.05, 3.63) is 0 Å². The lowest BCUT2D eigenvalue weighted by Gasteiger charge is -2.21. The summed E-state index contributed by atoms with van der Waals surface area (Å²) < 4.78 is 52.5. The molecule has 0 N–H and O–H groups in total. The largest absolute Gasteiger partial charge is 0.414 e. The van der Waals surface area contributed by atoms with Crippen molar-refractivity contribution in [1.82, 2.24) is 0 Å². The van der Waals surface area contributed by atoms with Crippen LogP contribution in [0.15, 0.2) is 0 Å². The molecule has 1 aliphatic heterocycles. The Labute approximate surface area is 96.4 Å². The van der Waals surface area contributed by atoms with Crippen LogP contribution in [-0.4, -0.2) is 28.7 Å². The summed E-state index contributed by atoms with van der Waals surface area (Å²) in [6.45, 7) is 2.06. The molecule has 1 atom stereocenters. The van der Waals surface area contributed by atoms with E-state index in [1.165, 1.54) is 0 Å². The summed E-state index contributed by atoms with van der Waals surface area (Å²) in [6.07, 6.45) is 3.41. The van der Waals surface area contributed by atoms with Crippen LogP contribution in [0.2, 0.25) is 0 Å². The highest BCUT2D eigenvalue weighted by molar-refractivity contribution is 7.98. The molecule has 0 aromatic heterocycles. The summed E-state index contributed by atoms with van der Waals surface area (Å²) in [5.41, 5.74) is 0. The first-order valence-electron chi connectivity index (χ1n) is 5.21. The van der Waals surface area contributed by atoms with Crippen LogP contribution in [0.25, 0.3) is 0 Å². The van der Waals surface area contributed by atoms with Gasteiger partial charge in [0.05, 0.1) is 6.10 Å². The Balaban J connectivity index is 2.49. The lowest BCUT2D eigenvalue weighted by molar-refractivity contribution is 0.175. The van der Waals surface area contributed by atoms with Crippen LogP contribution in [0.1, 0.15) is 39.0 Å². The van der Waals surface area contributed by atoms with Crippen molar-refractivity contribution in [1.29, 1.82) is 0 Å². The summed E-state index contributed by atoms with van der Waals surface area (Å²) in [5.74, 6) is -0.391. The Morgan fingerprint density at radius 2 is 1.81 bits per heavy atom. The van der Waals surface area contributed by atoms with Gasteiger partial charge < -0.3 is 0 Å². The first-order chi connectivity index (χ1) is 7.35. The van der Waals surface area contributed by atoms with E-state index in [2.05, 4.69) is 14.7 Å². The van der Waals surface area contributed by atoms with Gasteiger partial charge in [-0.15, -0.1) is 3.63 Å². The van der Waals surface area contributed by atoms with E-state index in [-0.39, 0.29) is 0 Å². The standard InChI is InChI=1S/C8H16O6S2/c1-2-3-4-5-6-8-7-15(9,10)14-16(11,12)13-8/h8H,2-7H2,1H3. The third-order valence-corrected chi connectivity index (χ3v) is 4.99. The van der Waals surface area contributed by atoms with Crippen LogP contribution in [0, 0.1) is 0 Å². The minimum absolute atomic E-state index is 0.391. The molecule has 1 fully saturated rings. The normalized spacial score (nSPS) is 27.7. The predicted molar refractivity (Wildman–Crippen MR) is 57.4 cm³/mol. The number of hydrogen-bond acceptors (Lipinski definition) is 6. The molecule has 16 heavy (non-hydrogen) atoms. The molecule has 0 aliphatic carbocycles. The predicted octanol–water partition coefficient (Wildman–Crippen LogP) is 0.947. The summed E-state index contributed by atoms with van der Waals surface area (Å²) >= 11 is 0. The van der Waals surface area contributed by atoms with Crippen molar-refractivity contribution in [3.63, 3.8) is 0 Å². The molecule has 0 aromatic carbocycles. The van der Waals surface area contributed by atoms with Crippen LogP contribution < -0.4 is 0 Å². The van der Waals surface area contributed by atoms with Gasteiger partial charge in [0, 0.05) is 0 Å². The summed E-state index contributed by atoms with van der Waals surface area (Å²) in [5, 5.41) is 0. The molecule has 8 heteroatoms. The molecular formula is C8H16O6S2. The number of unbranched alkanes of at least 4 members (excludes halogenated alkanes) is 3. The van der Waals surface area contributed by atoms with Crippen LogP contribution in [0.3, 0.4) is 0 Å². The minimum Gasteiger partial charge on any atom is -0.243 e. The zero-order valence-electron chi connectivity index (χ0n) is 9.09. The fourth-order valence-electron chi connectivity index (χ4n) is 1.52. The highest BCUT2D eigenvalue weighted by atomic mass is 32.3.